The lowest BCUT2D eigenvalue weighted by Crippen LogP contribution is -2.11. The Morgan fingerprint density at radius 1 is 1.33 bits per heavy atom. The molecule has 0 N–H and O–H groups in total. The maximum atomic E-state index is 13.7. The quantitative estimate of drug-likeness (QED) is 0.790. The van der Waals surface area contributed by atoms with Crippen LogP contribution in [0.5, 0.6) is 5.88 Å². The van der Waals surface area contributed by atoms with E-state index in [9.17, 15) is 4.39 Å². The Labute approximate surface area is 94.4 Å². The molecule has 0 radical (unpaired) electrons. The summed E-state index contributed by atoms with van der Waals surface area (Å²) in [7, 11) is 0. The highest BCUT2D eigenvalue weighted by atomic mass is 35.5. The number of halogens is 2. The van der Waals surface area contributed by atoms with Crippen LogP contribution in [0.3, 0.4) is 0 Å². The van der Waals surface area contributed by atoms with Crippen molar-refractivity contribution in [1.29, 1.82) is 0 Å². The summed E-state index contributed by atoms with van der Waals surface area (Å²) in [6, 6.07) is 0. The van der Waals surface area contributed by atoms with E-state index in [4.69, 9.17) is 16.3 Å². The summed E-state index contributed by atoms with van der Waals surface area (Å²) in [5.74, 6) is -0.107. The van der Waals surface area contributed by atoms with Gasteiger partial charge in [0.15, 0.2) is 5.82 Å². The predicted octanol–water partition coefficient (Wildman–Crippen LogP) is 3.78. The van der Waals surface area contributed by atoms with Crippen molar-refractivity contribution in [1.82, 2.24) is 4.98 Å². The first-order valence-electron chi connectivity index (χ1n) is 4.94. The largest absolute Gasteiger partial charge is 0.475 e. The van der Waals surface area contributed by atoms with Crippen molar-refractivity contribution in [3.05, 3.63) is 22.6 Å². The highest BCUT2D eigenvalue weighted by Crippen LogP contribution is 2.31. The van der Waals surface area contributed by atoms with Crippen LogP contribution < -0.4 is 4.74 Å². The van der Waals surface area contributed by atoms with E-state index in [0.29, 0.717) is 11.4 Å². The summed E-state index contributed by atoms with van der Waals surface area (Å²) in [5, 5.41) is 0.0369. The number of hydrogen-bond donors (Lipinski definition) is 0. The van der Waals surface area contributed by atoms with Gasteiger partial charge in [0.25, 0.3) is 0 Å². The minimum absolute atomic E-state index is 0.00931. The fourth-order valence-electron chi connectivity index (χ4n) is 1.28. The predicted molar refractivity (Wildman–Crippen MR) is 59.1 cm³/mol. The topological polar surface area (TPSA) is 22.1 Å². The summed E-state index contributed by atoms with van der Waals surface area (Å²) in [6.45, 7) is 7.50. The fraction of sp³-hybridized carbons (Fsp3) is 0.545. The summed E-state index contributed by atoms with van der Waals surface area (Å²) < 4.78 is 19.1. The van der Waals surface area contributed by atoms with Gasteiger partial charge in [0.2, 0.25) is 5.88 Å². The Balaban J connectivity index is 3.21. The first kappa shape index (κ1) is 12.2. The second-order valence-corrected chi connectivity index (χ2v) is 4.37. The zero-order valence-corrected chi connectivity index (χ0v) is 10.1. The average Bonchev–Trinajstić information content (AvgIpc) is 2.10. The van der Waals surface area contributed by atoms with Crippen LogP contribution in [0.25, 0.3) is 0 Å². The summed E-state index contributed by atoms with van der Waals surface area (Å²) >= 11 is 5.67. The molecule has 2 nitrogen and oxygen atoms in total. The van der Waals surface area contributed by atoms with E-state index in [1.807, 2.05) is 27.7 Å². The third kappa shape index (κ3) is 2.81. The van der Waals surface area contributed by atoms with Crippen molar-refractivity contribution in [2.45, 2.75) is 39.7 Å². The van der Waals surface area contributed by atoms with Crippen LogP contribution in [0, 0.1) is 5.82 Å². The van der Waals surface area contributed by atoms with Crippen molar-refractivity contribution >= 4 is 11.6 Å². The molecule has 0 bridgehead atoms. The lowest BCUT2D eigenvalue weighted by Gasteiger charge is -2.16. The van der Waals surface area contributed by atoms with E-state index in [-0.39, 0.29) is 17.0 Å². The Morgan fingerprint density at radius 2 is 1.93 bits per heavy atom. The molecule has 0 amide bonds. The molecule has 1 heterocycles. The van der Waals surface area contributed by atoms with Crippen LogP contribution in [-0.2, 0) is 0 Å². The normalized spacial score (nSPS) is 11.2. The first-order valence-corrected chi connectivity index (χ1v) is 5.31. The molecule has 0 aliphatic carbocycles. The van der Waals surface area contributed by atoms with Crippen molar-refractivity contribution in [3.8, 4) is 5.88 Å². The molecular weight excluding hydrogens is 217 g/mol. The number of aromatic nitrogens is 1. The monoisotopic (exact) mass is 231 g/mol. The van der Waals surface area contributed by atoms with E-state index in [1.54, 1.807) is 0 Å². The van der Waals surface area contributed by atoms with Gasteiger partial charge in [0.05, 0.1) is 22.9 Å². The molecule has 1 aromatic rings. The van der Waals surface area contributed by atoms with Crippen LogP contribution in [0.4, 0.5) is 4.39 Å². The molecule has 0 aliphatic rings. The molecule has 0 aromatic carbocycles. The number of rotatable bonds is 3. The molecule has 0 saturated carbocycles. The zero-order valence-electron chi connectivity index (χ0n) is 9.34. The second-order valence-electron chi connectivity index (χ2n) is 3.96. The molecule has 0 unspecified atom stereocenters. The highest BCUT2D eigenvalue weighted by Gasteiger charge is 2.18. The van der Waals surface area contributed by atoms with Gasteiger partial charge in [0, 0.05) is 0 Å². The SMILES string of the molecule is CC(C)Oc1ncc(Cl)c(F)c1C(C)C. The van der Waals surface area contributed by atoms with Gasteiger partial charge in [-0.1, -0.05) is 25.4 Å². The summed E-state index contributed by atoms with van der Waals surface area (Å²) in [5.41, 5.74) is 0.441. The number of nitrogens with zero attached hydrogens (tertiary/aromatic N) is 1. The van der Waals surface area contributed by atoms with E-state index < -0.39 is 5.82 Å². The Kier molecular flexibility index (Phi) is 3.91. The lowest BCUT2D eigenvalue weighted by molar-refractivity contribution is 0.227. The lowest BCUT2D eigenvalue weighted by atomic mass is 10.0. The van der Waals surface area contributed by atoms with E-state index in [2.05, 4.69) is 4.98 Å². The molecule has 0 saturated heterocycles. The van der Waals surface area contributed by atoms with Gasteiger partial charge in [-0.2, -0.15) is 0 Å². The van der Waals surface area contributed by atoms with Gasteiger partial charge < -0.3 is 4.74 Å². The molecule has 1 rings (SSSR count). The Morgan fingerprint density at radius 3 is 2.40 bits per heavy atom. The standard InChI is InChI=1S/C11H15ClFNO/c1-6(2)9-10(13)8(12)5-14-11(9)15-7(3)4/h5-7H,1-4H3. The van der Waals surface area contributed by atoms with E-state index >= 15 is 0 Å². The molecule has 1 aromatic heterocycles. The zero-order chi connectivity index (χ0) is 11.6. The molecule has 0 fully saturated rings. The molecule has 84 valence electrons. The number of pyridine rings is 1. The van der Waals surface area contributed by atoms with Crippen molar-refractivity contribution < 1.29 is 9.13 Å². The number of hydrogen-bond acceptors (Lipinski definition) is 2. The Hall–Kier alpha value is -0.830. The van der Waals surface area contributed by atoms with Gasteiger partial charge >= 0.3 is 0 Å². The van der Waals surface area contributed by atoms with Crippen LogP contribution in [0.2, 0.25) is 5.02 Å². The van der Waals surface area contributed by atoms with Gasteiger partial charge in [0.1, 0.15) is 0 Å². The minimum Gasteiger partial charge on any atom is -0.475 e. The maximum Gasteiger partial charge on any atom is 0.220 e. The molecular formula is C11H15ClFNO. The summed E-state index contributed by atoms with van der Waals surface area (Å²) in [6.07, 6.45) is 1.25. The van der Waals surface area contributed by atoms with Gasteiger partial charge in [-0.05, 0) is 19.8 Å². The average molecular weight is 232 g/mol. The third-order valence-electron chi connectivity index (χ3n) is 1.90. The fourth-order valence-corrected chi connectivity index (χ4v) is 1.43. The van der Waals surface area contributed by atoms with Gasteiger partial charge in [-0.25, -0.2) is 9.37 Å². The number of ether oxygens (including phenoxy) is 1. The molecule has 4 heteroatoms. The molecule has 15 heavy (non-hydrogen) atoms. The maximum absolute atomic E-state index is 13.7. The van der Waals surface area contributed by atoms with Crippen LogP contribution in [0.15, 0.2) is 6.20 Å². The van der Waals surface area contributed by atoms with Crippen molar-refractivity contribution in [3.63, 3.8) is 0 Å². The molecule has 0 aliphatic heterocycles. The summed E-state index contributed by atoms with van der Waals surface area (Å²) in [4.78, 5) is 4.01. The smallest absolute Gasteiger partial charge is 0.220 e. The van der Waals surface area contributed by atoms with Gasteiger partial charge in [-0.3, -0.25) is 0 Å². The first-order chi connectivity index (χ1) is 6.93. The van der Waals surface area contributed by atoms with Crippen LogP contribution in [0.1, 0.15) is 39.2 Å². The highest BCUT2D eigenvalue weighted by molar-refractivity contribution is 6.30. The van der Waals surface area contributed by atoms with Crippen LogP contribution >= 0.6 is 11.6 Å². The second kappa shape index (κ2) is 4.79. The van der Waals surface area contributed by atoms with Crippen molar-refractivity contribution in [2.24, 2.45) is 0 Å². The Bertz CT molecular complexity index is 353. The molecule has 0 spiro atoms. The van der Waals surface area contributed by atoms with E-state index in [1.165, 1.54) is 6.20 Å². The third-order valence-corrected chi connectivity index (χ3v) is 2.16. The molecule has 0 atom stereocenters. The minimum atomic E-state index is -0.433. The van der Waals surface area contributed by atoms with Gasteiger partial charge in [-0.15, -0.1) is 0 Å². The van der Waals surface area contributed by atoms with Crippen molar-refractivity contribution in [2.75, 3.05) is 0 Å². The van der Waals surface area contributed by atoms with Crippen LogP contribution in [-0.4, -0.2) is 11.1 Å². The van der Waals surface area contributed by atoms with E-state index in [0.717, 1.165) is 0 Å².